The second-order valence-electron chi connectivity index (χ2n) is 2.40. The summed E-state index contributed by atoms with van der Waals surface area (Å²) >= 11 is 0. The Morgan fingerprint density at radius 1 is 1.64 bits per heavy atom. The lowest BCUT2D eigenvalue weighted by Crippen LogP contribution is -2.24. The highest BCUT2D eigenvalue weighted by Gasteiger charge is 2.21. The molecule has 0 aliphatic heterocycles. The maximum Gasteiger partial charge on any atom is 0.237 e. The second-order valence-corrected chi connectivity index (χ2v) is 2.40. The van der Waals surface area contributed by atoms with Crippen molar-refractivity contribution in [3.05, 3.63) is 33.7 Å². The molecule has 1 aliphatic carbocycles. The lowest BCUT2D eigenvalue weighted by Gasteiger charge is -2.11. The third-order valence-corrected chi connectivity index (χ3v) is 1.57. The van der Waals surface area contributed by atoms with Crippen LogP contribution in [0.3, 0.4) is 0 Å². The van der Waals surface area contributed by atoms with Gasteiger partial charge in [-0.3, -0.25) is 10.1 Å². The summed E-state index contributed by atoms with van der Waals surface area (Å²) in [5.74, 6) is 0. The van der Waals surface area contributed by atoms with Crippen LogP contribution in [0.2, 0.25) is 0 Å². The zero-order valence-corrected chi connectivity index (χ0v) is 5.86. The van der Waals surface area contributed by atoms with Gasteiger partial charge in [-0.05, 0) is 12.2 Å². The zero-order valence-electron chi connectivity index (χ0n) is 5.86. The number of nitrogens with zero attached hydrogens (tertiary/aromatic N) is 1. The third kappa shape index (κ3) is 1.49. The number of allylic oxidation sites excluding steroid dienone is 1. The van der Waals surface area contributed by atoms with Gasteiger partial charge < -0.3 is 11.5 Å². The van der Waals surface area contributed by atoms with Crippen molar-refractivity contribution in [1.29, 1.82) is 0 Å². The van der Waals surface area contributed by atoms with E-state index in [1.807, 2.05) is 0 Å². The van der Waals surface area contributed by atoms with Crippen LogP contribution < -0.4 is 11.5 Å². The summed E-state index contributed by atoms with van der Waals surface area (Å²) in [4.78, 5) is 9.86. The Morgan fingerprint density at radius 2 is 2.27 bits per heavy atom. The molecule has 1 aliphatic rings. The van der Waals surface area contributed by atoms with Crippen LogP contribution >= 0.6 is 0 Å². The molecule has 0 fully saturated rings. The van der Waals surface area contributed by atoms with E-state index in [4.69, 9.17) is 11.5 Å². The summed E-state index contributed by atoms with van der Waals surface area (Å²) in [7, 11) is 0. The molecule has 11 heavy (non-hydrogen) atoms. The van der Waals surface area contributed by atoms with Crippen LogP contribution in [0.5, 0.6) is 0 Å². The predicted molar refractivity (Wildman–Crippen MR) is 39.9 cm³/mol. The van der Waals surface area contributed by atoms with Crippen molar-refractivity contribution < 1.29 is 4.92 Å². The van der Waals surface area contributed by atoms with Crippen molar-refractivity contribution >= 4 is 0 Å². The van der Waals surface area contributed by atoms with Gasteiger partial charge in [0.2, 0.25) is 6.04 Å². The minimum atomic E-state index is -0.706. The van der Waals surface area contributed by atoms with E-state index < -0.39 is 6.04 Å². The molecule has 0 heterocycles. The van der Waals surface area contributed by atoms with E-state index in [1.54, 1.807) is 0 Å². The Hall–Kier alpha value is -1.52. The van der Waals surface area contributed by atoms with Gasteiger partial charge in [-0.1, -0.05) is 0 Å². The predicted octanol–water partition coefficient (Wildman–Crippen LogP) is -0.279. The molecule has 0 bridgehead atoms. The van der Waals surface area contributed by atoms with E-state index in [9.17, 15) is 10.1 Å². The number of rotatable bonds is 1. The summed E-state index contributed by atoms with van der Waals surface area (Å²) in [6.45, 7) is 0. The van der Waals surface area contributed by atoms with Crippen LogP contribution in [0.4, 0.5) is 0 Å². The average molecular weight is 155 g/mol. The molecule has 0 spiro atoms. The normalized spacial score (nSPS) is 23.8. The Labute approximate surface area is 63.5 Å². The van der Waals surface area contributed by atoms with Crippen molar-refractivity contribution in [2.75, 3.05) is 0 Å². The Bertz CT molecular complexity index is 244. The van der Waals surface area contributed by atoms with Crippen molar-refractivity contribution in [3.63, 3.8) is 0 Å². The molecule has 0 aromatic rings. The first-order chi connectivity index (χ1) is 5.11. The number of nitrogens with two attached hydrogens (primary N) is 2. The maximum absolute atomic E-state index is 10.2. The van der Waals surface area contributed by atoms with Crippen molar-refractivity contribution in [2.45, 2.75) is 12.5 Å². The van der Waals surface area contributed by atoms with Crippen LogP contribution in [0, 0.1) is 10.1 Å². The highest BCUT2D eigenvalue weighted by atomic mass is 16.6. The number of nitro groups is 1. The summed E-state index contributed by atoms with van der Waals surface area (Å²) in [6.07, 6.45) is 3.15. The highest BCUT2D eigenvalue weighted by Crippen LogP contribution is 2.13. The second kappa shape index (κ2) is 2.61. The van der Waals surface area contributed by atoms with Gasteiger partial charge in [-0.25, -0.2) is 0 Å². The van der Waals surface area contributed by atoms with Crippen molar-refractivity contribution in [3.8, 4) is 0 Å². The Balaban J connectivity index is 2.74. The molecule has 0 aromatic carbocycles. The van der Waals surface area contributed by atoms with Gasteiger partial charge in [0.15, 0.2) is 0 Å². The SMILES string of the molecule is NC1=C(N)CC([N+](=O)[O-])C=C1. The first-order valence-electron chi connectivity index (χ1n) is 3.17. The fourth-order valence-electron chi connectivity index (χ4n) is 0.878. The van der Waals surface area contributed by atoms with Crippen LogP contribution in [0.15, 0.2) is 23.5 Å². The molecule has 0 amide bonds. The third-order valence-electron chi connectivity index (χ3n) is 1.57. The van der Waals surface area contributed by atoms with Crippen LogP contribution in [-0.4, -0.2) is 11.0 Å². The molecule has 0 aromatic heterocycles. The number of hydrogen-bond donors (Lipinski definition) is 2. The highest BCUT2D eigenvalue weighted by molar-refractivity contribution is 5.26. The first-order valence-corrected chi connectivity index (χ1v) is 3.17. The van der Waals surface area contributed by atoms with Gasteiger partial charge in [-0.15, -0.1) is 0 Å². The molecule has 0 radical (unpaired) electrons. The quantitative estimate of drug-likeness (QED) is 0.402. The fourth-order valence-corrected chi connectivity index (χ4v) is 0.878. The molecule has 5 heteroatoms. The van der Waals surface area contributed by atoms with Gasteiger partial charge in [0.05, 0.1) is 12.1 Å². The molecular weight excluding hydrogens is 146 g/mol. The number of hydrogen-bond acceptors (Lipinski definition) is 4. The van der Waals surface area contributed by atoms with E-state index in [0.717, 1.165) is 0 Å². The van der Waals surface area contributed by atoms with E-state index in [1.165, 1.54) is 12.2 Å². The molecule has 1 rings (SSSR count). The van der Waals surface area contributed by atoms with E-state index >= 15 is 0 Å². The van der Waals surface area contributed by atoms with Crippen molar-refractivity contribution in [2.24, 2.45) is 11.5 Å². The Morgan fingerprint density at radius 3 is 2.73 bits per heavy atom. The van der Waals surface area contributed by atoms with Crippen LogP contribution in [-0.2, 0) is 0 Å². The molecule has 0 saturated heterocycles. The molecular formula is C6H9N3O2. The minimum absolute atomic E-state index is 0.218. The summed E-state index contributed by atoms with van der Waals surface area (Å²) in [5.41, 5.74) is 11.6. The van der Waals surface area contributed by atoms with Crippen LogP contribution in [0.25, 0.3) is 0 Å². The van der Waals surface area contributed by atoms with Gasteiger partial charge in [0, 0.05) is 10.6 Å². The lowest BCUT2D eigenvalue weighted by molar-refractivity contribution is -0.509. The monoisotopic (exact) mass is 155 g/mol. The standard InChI is InChI=1S/C6H9N3O2/c7-5-2-1-4(9(10)11)3-6(5)8/h1-2,4H,3,7-8H2. The topological polar surface area (TPSA) is 95.2 Å². The van der Waals surface area contributed by atoms with Crippen molar-refractivity contribution in [1.82, 2.24) is 0 Å². The largest absolute Gasteiger partial charge is 0.400 e. The lowest BCUT2D eigenvalue weighted by atomic mass is 10.1. The van der Waals surface area contributed by atoms with E-state index in [2.05, 4.69) is 0 Å². The average Bonchev–Trinajstić information content (AvgIpc) is 1.94. The van der Waals surface area contributed by atoms with Gasteiger partial charge in [0.25, 0.3) is 0 Å². The van der Waals surface area contributed by atoms with E-state index in [-0.39, 0.29) is 11.3 Å². The molecule has 0 saturated carbocycles. The van der Waals surface area contributed by atoms with Gasteiger partial charge >= 0.3 is 0 Å². The molecule has 1 atom stereocenters. The molecule has 5 nitrogen and oxygen atoms in total. The van der Waals surface area contributed by atoms with Gasteiger partial charge in [-0.2, -0.15) is 0 Å². The fraction of sp³-hybridized carbons (Fsp3) is 0.333. The van der Waals surface area contributed by atoms with Gasteiger partial charge in [0.1, 0.15) is 0 Å². The zero-order chi connectivity index (χ0) is 8.43. The molecule has 1 unspecified atom stereocenters. The molecule has 4 N–H and O–H groups in total. The van der Waals surface area contributed by atoms with E-state index in [0.29, 0.717) is 11.4 Å². The minimum Gasteiger partial charge on any atom is -0.400 e. The first kappa shape index (κ1) is 7.59. The Kier molecular flexibility index (Phi) is 1.80. The summed E-state index contributed by atoms with van der Waals surface area (Å²) < 4.78 is 0. The maximum atomic E-state index is 10.2. The summed E-state index contributed by atoms with van der Waals surface area (Å²) in [5, 5.41) is 10.2. The molecule has 60 valence electrons. The van der Waals surface area contributed by atoms with Crippen LogP contribution in [0.1, 0.15) is 6.42 Å². The smallest absolute Gasteiger partial charge is 0.237 e. The summed E-state index contributed by atoms with van der Waals surface area (Å²) in [6, 6.07) is -0.706.